The lowest BCUT2D eigenvalue weighted by Gasteiger charge is -2.12. The molecule has 4 aromatic rings. The molecule has 1 aromatic carbocycles. The second-order valence-electron chi connectivity index (χ2n) is 7.26. The molecule has 142 valence electrons. The number of hydrogen-bond acceptors (Lipinski definition) is 6. The second kappa shape index (κ2) is 6.44. The number of fused-ring (bicyclic) bond motifs is 3. The molecule has 1 aliphatic carbocycles. The van der Waals surface area contributed by atoms with Gasteiger partial charge in [-0.3, -0.25) is 9.38 Å². The molecule has 3 aromatic heterocycles. The fraction of sp³-hybridized carbons (Fsp3) is 0.333. The summed E-state index contributed by atoms with van der Waals surface area (Å²) in [7, 11) is 1.64. The van der Waals surface area contributed by atoms with Crippen LogP contribution < -0.4 is 9.47 Å². The van der Waals surface area contributed by atoms with Crippen LogP contribution in [0.3, 0.4) is 0 Å². The summed E-state index contributed by atoms with van der Waals surface area (Å²) in [6.07, 6.45) is 4.27. The Balaban J connectivity index is 1.79. The first-order chi connectivity index (χ1) is 13.7. The molecule has 7 nitrogen and oxygen atoms in total. The second-order valence-corrected chi connectivity index (χ2v) is 7.26. The lowest BCUT2D eigenvalue weighted by atomic mass is 10.2. The highest BCUT2D eigenvalue weighted by Gasteiger charge is 2.23. The first-order valence-corrected chi connectivity index (χ1v) is 9.44. The van der Waals surface area contributed by atoms with Gasteiger partial charge in [0.15, 0.2) is 16.9 Å². The predicted octanol–water partition coefficient (Wildman–Crippen LogP) is 3.75. The molecule has 0 N–H and O–H groups in total. The number of imidazole rings is 1. The van der Waals surface area contributed by atoms with Gasteiger partial charge in [0.2, 0.25) is 0 Å². The summed E-state index contributed by atoms with van der Waals surface area (Å²) >= 11 is 0. The molecule has 7 heteroatoms. The Bertz CT molecular complexity index is 1200. The van der Waals surface area contributed by atoms with Gasteiger partial charge in [0, 0.05) is 29.6 Å². The van der Waals surface area contributed by atoms with Crippen molar-refractivity contribution in [1.82, 2.24) is 24.6 Å². The molecule has 0 bridgehead atoms. The van der Waals surface area contributed by atoms with Gasteiger partial charge in [-0.05, 0) is 44.7 Å². The summed E-state index contributed by atoms with van der Waals surface area (Å²) in [6, 6.07) is 7.82. The van der Waals surface area contributed by atoms with Gasteiger partial charge in [-0.1, -0.05) is 0 Å². The largest absolute Gasteiger partial charge is 0.494 e. The number of aromatic nitrogens is 5. The molecule has 0 amide bonds. The standard InChI is InChI=1S/C21H21N5O2/c1-12-16(5-4-8-22-12)21-23-13(2)20-25-24-19-17(26(20)21)9-15(10-18(19)27-3)28-11-14-6-7-14/h4-5,8-10,14H,6-7,11H2,1-3H3. The molecule has 1 saturated carbocycles. The van der Waals surface area contributed by atoms with Crippen LogP contribution in [0.4, 0.5) is 0 Å². The lowest BCUT2D eigenvalue weighted by Crippen LogP contribution is -2.03. The summed E-state index contributed by atoms with van der Waals surface area (Å²) in [5, 5.41) is 8.83. The van der Waals surface area contributed by atoms with Gasteiger partial charge in [-0.2, -0.15) is 0 Å². The number of nitrogens with zero attached hydrogens (tertiary/aromatic N) is 5. The highest BCUT2D eigenvalue weighted by atomic mass is 16.5. The molecule has 1 fully saturated rings. The number of benzene rings is 1. The normalized spacial score (nSPS) is 14.0. The molecular weight excluding hydrogens is 354 g/mol. The van der Waals surface area contributed by atoms with Crippen molar-refractivity contribution in [3.05, 3.63) is 41.9 Å². The molecule has 0 aliphatic heterocycles. The van der Waals surface area contributed by atoms with Crippen LogP contribution in [0.25, 0.3) is 28.1 Å². The zero-order valence-corrected chi connectivity index (χ0v) is 16.1. The fourth-order valence-electron chi connectivity index (χ4n) is 3.44. The molecule has 0 unspecified atom stereocenters. The van der Waals surface area contributed by atoms with Crippen LogP contribution >= 0.6 is 0 Å². The molecule has 0 spiro atoms. The monoisotopic (exact) mass is 375 g/mol. The van der Waals surface area contributed by atoms with E-state index < -0.39 is 0 Å². The summed E-state index contributed by atoms with van der Waals surface area (Å²) < 4.78 is 13.6. The Morgan fingerprint density at radius 3 is 2.75 bits per heavy atom. The third-order valence-electron chi connectivity index (χ3n) is 5.19. The molecule has 0 saturated heterocycles. The minimum atomic E-state index is 0.637. The number of pyridine rings is 1. The van der Waals surface area contributed by atoms with Crippen LogP contribution in [-0.2, 0) is 0 Å². The molecule has 5 rings (SSSR count). The van der Waals surface area contributed by atoms with Gasteiger partial charge < -0.3 is 9.47 Å². The van der Waals surface area contributed by atoms with Crippen molar-refractivity contribution in [2.24, 2.45) is 5.92 Å². The molecular formula is C21H21N5O2. The minimum Gasteiger partial charge on any atom is -0.494 e. The Hall–Kier alpha value is -3.22. The van der Waals surface area contributed by atoms with Crippen LogP contribution in [0.15, 0.2) is 30.5 Å². The number of methoxy groups -OCH3 is 1. The van der Waals surface area contributed by atoms with Crippen molar-refractivity contribution in [2.45, 2.75) is 26.7 Å². The van der Waals surface area contributed by atoms with Crippen molar-refractivity contribution >= 4 is 16.7 Å². The number of ether oxygens (including phenoxy) is 2. The maximum atomic E-state index is 6.03. The molecule has 3 heterocycles. The van der Waals surface area contributed by atoms with E-state index in [2.05, 4.69) is 15.2 Å². The Morgan fingerprint density at radius 2 is 2.00 bits per heavy atom. The minimum absolute atomic E-state index is 0.637. The van der Waals surface area contributed by atoms with E-state index in [-0.39, 0.29) is 0 Å². The van der Waals surface area contributed by atoms with Gasteiger partial charge in [-0.25, -0.2) is 4.98 Å². The van der Waals surface area contributed by atoms with E-state index >= 15 is 0 Å². The number of aryl methyl sites for hydroxylation is 2. The van der Waals surface area contributed by atoms with Crippen molar-refractivity contribution in [2.75, 3.05) is 13.7 Å². The average molecular weight is 375 g/mol. The molecule has 1 aliphatic rings. The fourth-order valence-corrected chi connectivity index (χ4v) is 3.44. The average Bonchev–Trinajstić information content (AvgIpc) is 3.48. The van der Waals surface area contributed by atoms with Crippen LogP contribution in [0.5, 0.6) is 11.5 Å². The van der Waals surface area contributed by atoms with E-state index in [9.17, 15) is 0 Å². The maximum Gasteiger partial charge on any atom is 0.183 e. The highest BCUT2D eigenvalue weighted by Crippen LogP contribution is 2.35. The Kier molecular flexibility index (Phi) is 3.89. The van der Waals surface area contributed by atoms with E-state index in [0.717, 1.165) is 40.6 Å². The smallest absolute Gasteiger partial charge is 0.183 e. The third kappa shape index (κ3) is 2.74. The van der Waals surface area contributed by atoms with Crippen LogP contribution in [0, 0.1) is 19.8 Å². The predicted molar refractivity (Wildman–Crippen MR) is 106 cm³/mol. The topological polar surface area (TPSA) is 74.4 Å². The SMILES string of the molecule is COc1cc(OCC2CC2)cc2c1nnc1c(C)nc(-c3cccnc3C)n12. The summed E-state index contributed by atoms with van der Waals surface area (Å²) in [5.74, 6) is 2.87. The molecule has 0 radical (unpaired) electrons. The van der Waals surface area contributed by atoms with Crippen molar-refractivity contribution in [3.63, 3.8) is 0 Å². The zero-order valence-electron chi connectivity index (χ0n) is 16.1. The first-order valence-electron chi connectivity index (χ1n) is 9.44. The summed E-state index contributed by atoms with van der Waals surface area (Å²) in [4.78, 5) is 9.20. The van der Waals surface area contributed by atoms with Crippen molar-refractivity contribution in [1.29, 1.82) is 0 Å². The van der Waals surface area contributed by atoms with Crippen molar-refractivity contribution in [3.8, 4) is 22.9 Å². The van der Waals surface area contributed by atoms with Crippen LogP contribution in [0.1, 0.15) is 24.2 Å². The van der Waals surface area contributed by atoms with Gasteiger partial charge >= 0.3 is 0 Å². The van der Waals surface area contributed by atoms with Gasteiger partial charge in [0.25, 0.3) is 0 Å². The Morgan fingerprint density at radius 1 is 1.14 bits per heavy atom. The van der Waals surface area contributed by atoms with Gasteiger partial charge in [-0.15, -0.1) is 10.2 Å². The number of rotatable bonds is 5. The lowest BCUT2D eigenvalue weighted by molar-refractivity contribution is 0.298. The molecule has 0 atom stereocenters. The summed E-state index contributed by atoms with van der Waals surface area (Å²) in [6.45, 7) is 4.65. The maximum absolute atomic E-state index is 6.03. The quantitative estimate of drug-likeness (QED) is 0.529. The third-order valence-corrected chi connectivity index (χ3v) is 5.19. The van der Waals surface area contributed by atoms with E-state index in [1.54, 1.807) is 13.3 Å². The van der Waals surface area contributed by atoms with E-state index in [1.807, 2.05) is 42.5 Å². The molecule has 28 heavy (non-hydrogen) atoms. The van der Waals surface area contributed by atoms with E-state index in [1.165, 1.54) is 12.8 Å². The highest BCUT2D eigenvalue weighted by molar-refractivity contribution is 5.86. The van der Waals surface area contributed by atoms with Crippen LogP contribution in [0.2, 0.25) is 0 Å². The first kappa shape index (κ1) is 16.9. The zero-order chi connectivity index (χ0) is 19.3. The van der Waals surface area contributed by atoms with E-state index in [4.69, 9.17) is 14.5 Å². The Labute approximate surface area is 162 Å². The van der Waals surface area contributed by atoms with Crippen molar-refractivity contribution < 1.29 is 9.47 Å². The van der Waals surface area contributed by atoms with Gasteiger partial charge in [0.05, 0.1) is 24.9 Å². The van der Waals surface area contributed by atoms with E-state index in [0.29, 0.717) is 22.8 Å². The van der Waals surface area contributed by atoms with Crippen LogP contribution in [-0.4, -0.2) is 38.3 Å². The van der Waals surface area contributed by atoms with Gasteiger partial charge in [0.1, 0.15) is 11.6 Å². The summed E-state index contributed by atoms with van der Waals surface area (Å²) in [5.41, 5.74) is 4.93. The number of hydrogen-bond donors (Lipinski definition) is 0.